The molecule has 0 radical (unpaired) electrons. The smallest absolute Gasteiger partial charge is 0.222 e. The molecule has 3 fully saturated rings. The van der Waals surface area contributed by atoms with Crippen LogP contribution in [0.2, 0.25) is 0 Å². The van der Waals surface area contributed by atoms with Crippen LogP contribution in [0.1, 0.15) is 105 Å². The largest absolute Gasteiger partial charge is 0.511 e. The highest BCUT2D eigenvalue weighted by Gasteiger charge is 2.71. The van der Waals surface area contributed by atoms with Gasteiger partial charge in [-0.25, -0.2) is 0 Å². The van der Waals surface area contributed by atoms with Crippen molar-refractivity contribution in [3.8, 4) is 6.07 Å². The maximum Gasteiger partial charge on any atom is 0.222 e. The standard InChI is InChI=1S/C33H45N3O4/c1-19-35-36-27(40-19)33-12-10-28(2,3)16-21(33)25-22(38)14-24-29(4)15-20(17-34)26(39)30(5,18-37)23(29)8-9-31(24,6)32(25,7)11-13-33/h14,21,23,25,37,39H,8-13,15-16,18H2,1-7H3/t21-,23+,25-,29-,30-,31+,32+,33-/m0/s1. The minimum atomic E-state index is -0.911. The third-order valence-corrected chi connectivity index (χ3v) is 13.2. The van der Waals surface area contributed by atoms with Gasteiger partial charge in [0.15, 0.2) is 5.78 Å². The van der Waals surface area contributed by atoms with Crippen LogP contribution in [0.5, 0.6) is 0 Å². The first-order valence-corrected chi connectivity index (χ1v) is 15.1. The van der Waals surface area contributed by atoms with Gasteiger partial charge in [-0.05, 0) is 97.9 Å². The summed E-state index contributed by atoms with van der Waals surface area (Å²) in [4.78, 5) is 14.6. The summed E-state index contributed by atoms with van der Waals surface area (Å²) in [5.74, 6) is 1.38. The molecule has 5 aliphatic carbocycles. The van der Waals surface area contributed by atoms with Crippen LogP contribution in [0.15, 0.2) is 27.4 Å². The maximum absolute atomic E-state index is 14.6. The van der Waals surface area contributed by atoms with Crippen molar-refractivity contribution in [1.29, 1.82) is 5.26 Å². The van der Waals surface area contributed by atoms with Crippen molar-refractivity contribution in [3.05, 3.63) is 34.8 Å². The number of aliphatic hydroxyl groups is 2. The summed E-state index contributed by atoms with van der Waals surface area (Å²) in [5, 5.41) is 40.4. The highest BCUT2D eigenvalue weighted by molar-refractivity contribution is 5.95. The van der Waals surface area contributed by atoms with Crippen molar-refractivity contribution >= 4 is 5.78 Å². The molecule has 6 rings (SSSR count). The van der Waals surface area contributed by atoms with Crippen LogP contribution in [-0.4, -0.2) is 32.8 Å². The van der Waals surface area contributed by atoms with E-state index in [9.17, 15) is 20.3 Å². The molecule has 1 aromatic rings. The number of carbonyl (C=O) groups is 1. The van der Waals surface area contributed by atoms with Crippen molar-refractivity contribution in [2.75, 3.05) is 6.61 Å². The molecule has 2 N–H and O–H groups in total. The molecule has 0 aromatic carbocycles. The number of ketones is 1. The molecule has 0 spiro atoms. The molecular weight excluding hydrogens is 502 g/mol. The van der Waals surface area contributed by atoms with E-state index in [-0.39, 0.29) is 57.6 Å². The Kier molecular flexibility index (Phi) is 5.75. The Balaban J connectivity index is 1.52. The molecule has 7 heteroatoms. The number of nitriles is 1. The number of rotatable bonds is 2. The fourth-order valence-corrected chi connectivity index (χ4v) is 10.8. The van der Waals surface area contributed by atoms with E-state index in [1.54, 1.807) is 0 Å². The van der Waals surface area contributed by atoms with Crippen molar-refractivity contribution in [2.24, 2.45) is 44.8 Å². The predicted octanol–water partition coefficient (Wildman–Crippen LogP) is 6.53. The van der Waals surface area contributed by atoms with Crippen LogP contribution in [0.25, 0.3) is 0 Å². The van der Waals surface area contributed by atoms with Crippen LogP contribution >= 0.6 is 0 Å². The minimum Gasteiger partial charge on any atom is -0.511 e. The molecular formula is C33H45N3O4. The number of aliphatic hydroxyl groups excluding tert-OH is 2. The molecule has 0 unspecified atom stereocenters. The first-order valence-electron chi connectivity index (χ1n) is 15.1. The number of nitrogens with zero attached hydrogens (tertiary/aromatic N) is 3. The molecule has 1 heterocycles. The first-order chi connectivity index (χ1) is 18.6. The zero-order valence-corrected chi connectivity index (χ0v) is 25.2. The van der Waals surface area contributed by atoms with E-state index >= 15 is 0 Å². The Labute approximate surface area is 238 Å². The Bertz CT molecular complexity index is 1380. The summed E-state index contributed by atoms with van der Waals surface area (Å²) in [5.41, 5.74) is -0.653. The molecule has 40 heavy (non-hydrogen) atoms. The fraction of sp³-hybridized carbons (Fsp3) is 0.758. The summed E-state index contributed by atoms with van der Waals surface area (Å²) >= 11 is 0. The lowest BCUT2D eigenvalue weighted by molar-refractivity contribution is -0.164. The Hall–Kier alpha value is -2.46. The van der Waals surface area contributed by atoms with E-state index in [0.717, 1.165) is 50.5 Å². The van der Waals surface area contributed by atoms with E-state index in [0.29, 0.717) is 23.8 Å². The molecule has 1 aromatic heterocycles. The Morgan fingerprint density at radius 3 is 2.40 bits per heavy atom. The van der Waals surface area contributed by atoms with Crippen molar-refractivity contribution in [2.45, 2.75) is 105 Å². The van der Waals surface area contributed by atoms with Crippen LogP contribution in [-0.2, 0) is 10.2 Å². The third kappa shape index (κ3) is 3.23. The first kappa shape index (κ1) is 27.7. The van der Waals surface area contributed by atoms with Crippen LogP contribution in [0, 0.1) is 63.1 Å². The van der Waals surface area contributed by atoms with Gasteiger partial charge in [-0.15, -0.1) is 10.2 Å². The van der Waals surface area contributed by atoms with Crippen LogP contribution in [0.4, 0.5) is 0 Å². The summed E-state index contributed by atoms with van der Waals surface area (Å²) in [7, 11) is 0. The number of hydrogen-bond donors (Lipinski definition) is 2. The van der Waals surface area contributed by atoms with Crippen LogP contribution < -0.4 is 0 Å². The maximum atomic E-state index is 14.6. The van der Waals surface area contributed by atoms with Gasteiger partial charge < -0.3 is 14.6 Å². The van der Waals surface area contributed by atoms with Gasteiger partial charge in [0.25, 0.3) is 0 Å². The minimum absolute atomic E-state index is 0.0251. The van der Waals surface area contributed by atoms with Gasteiger partial charge in [-0.2, -0.15) is 5.26 Å². The number of aryl methyl sites for hydroxylation is 1. The second-order valence-electron chi connectivity index (χ2n) is 15.6. The molecule has 0 amide bonds. The molecule has 8 atom stereocenters. The lowest BCUT2D eigenvalue weighted by Gasteiger charge is -2.69. The highest BCUT2D eigenvalue weighted by Crippen LogP contribution is 2.75. The third-order valence-electron chi connectivity index (χ3n) is 13.2. The normalized spacial score (nSPS) is 45.9. The summed E-state index contributed by atoms with van der Waals surface area (Å²) < 4.78 is 6.16. The molecule has 5 aliphatic rings. The van der Waals surface area contributed by atoms with Gasteiger partial charge in [0, 0.05) is 12.8 Å². The quantitative estimate of drug-likeness (QED) is 0.432. The van der Waals surface area contributed by atoms with Crippen molar-refractivity contribution < 1.29 is 19.4 Å². The SMILES string of the molecule is Cc1nnc([C@]23CCC(C)(C)C[C@H]2[C@H]2C(=O)C=C4[C@@]5(C)CC(C#N)=C(O)[C@@](C)(CO)[C@@H]5CC[C@@]4(C)[C@]2(C)CC3)o1. The van der Waals surface area contributed by atoms with E-state index < -0.39 is 10.8 Å². The molecule has 216 valence electrons. The van der Waals surface area contributed by atoms with Crippen molar-refractivity contribution in [1.82, 2.24) is 10.2 Å². The zero-order valence-electron chi connectivity index (χ0n) is 25.2. The molecule has 0 saturated heterocycles. The average Bonchev–Trinajstić information content (AvgIpc) is 3.34. The van der Waals surface area contributed by atoms with E-state index in [4.69, 9.17) is 4.42 Å². The zero-order chi connectivity index (χ0) is 29.1. The topological polar surface area (TPSA) is 120 Å². The van der Waals surface area contributed by atoms with Gasteiger partial charge in [0.05, 0.1) is 29.1 Å². The van der Waals surface area contributed by atoms with Gasteiger partial charge in [0.1, 0.15) is 5.76 Å². The number of carbonyl (C=O) groups excluding carboxylic acids is 1. The fourth-order valence-electron chi connectivity index (χ4n) is 10.8. The average molecular weight is 548 g/mol. The van der Waals surface area contributed by atoms with Crippen molar-refractivity contribution in [3.63, 3.8) is 0 Å². The van der Waals surface area contributed by atoms with Crippen LogP contribution in [0.3, 0.4) is 0 Å². The molecule has 0 aliphatic heterocycles. The summed E-state index contributed by atoms with van der Waals surface area (Å²) in [6, 6.07) is 2.24. The molecule has 7 nitrogen and oxygen atoms in total. The number of fused-ring (bicyclic) bond motifs is 7. The lowest BCUT2D eigenvalue weighted by atomic mass is 9.34. The number of hydrogen-bond acceptors (Lipinski definition) is 7. The second-order valence-corrected chi connectivity index (χ2v) is 15.6. The molecule has 0 bridgehead atoms. The highest BCUT2D eigenvalue weighted by atomic mass is 16.4. The van der Waals surface area contributed by atoms with E-state index in [1.165, 1.54) is 0 Å². The Morgan fingerprint density at radius 2 is 1.77 bits per heavy atom. The monoisotopic (exact) mass is 547 g/mol. The predicted molar refractivity (Wildman–Crippen MR) is 150 cm³/mol. The number of aromatic nitrogens is 2. The van der Waals surface area contributed by atoms with E-state index in [1.807, 2.05) is 19.9 Å². The van der Waals surface area contributed by atoms with Gasteiger partial charge in [-0.3, -0.25) is 4.79 Å². The number of allylic oxidation sites excluding steroid dienone is 3. The summed E-state index contributed by atoms with van der Waals surface area (Å²) in [6.07, 6.45) is 8.81. The van der Waals surface area contributed by atoms with E-state index in [2.05, 4.69) is 50.9 Å². The second kappa shape index (κ2) is 8.31. The van der Waals surface area contributed by atoms with Gasteiger partial charge in [-0.1, -0.05) is 40.2 Å². The van der Waals surface area contributed by atoms with Gasteiger partial charge >= 0.3 is 0 Å². The molecule has 3 saturated carbocycles. The van der Waals surface area contributed by atoms with Gasteiger partial charge in [0.2, 0.25) is 11.8 Å². The summed E-state index contributed by atoms with van der Waals surface area (Å²) in [6.45, 7) is 15.0. The Morgan fingerprint density at radius 1 is 1.07 bits per heavy atom. The lowest BCUT2D eigenvalue weighted by Crippen LogP contribution is -2.65.